The average molecular weight is 397 g/mol. The molecule has 2 N–H and O–H groups in total. The summed E-state index contributed by atoms with van der Waals surface area (Å²) in [5.74, 6) is -0.213. The van der Waals surface area contributed by atoms with E-state index >= 15 is 0 Å². The normalized spacial score (nSPS) is 15.8. The SMILES string of the molecule is Cc1ccc([N+](=O)[O-])cc1NC(=O)CN(CCCO)[C@@H]1CCCc2ccccc21. The molecule has 0 spiro atoms. The van der Waals surface area contributed by atoms with Gasteiger partial charge in [-0.1, -0.05) is 30.3 Å². The second kappa shape index (κ2) is 9.62. The van der Waals surface area contributed by atoms with Crippen LogP contribution in [-0.4, -0.2) is 40.5 Å². The number of nitrogens with one attached hydrogen (secondary N) is 1. The standard InChI is InChI=1S/C22H27N3O4/c1-16-10-11-18(25(28)29)14-20(16)23-22(27)15-24(12-5-13-26)21-9-4-7-17-6-2-3-8-19(17)21/h2-3,6,8,10-11,14,21,26H,4-5,7,9,12-13,15H2,1H3,(H,23,27)/t21-/m1/s1. The van der Waals surface area contributed by atoms with Crippen LogP contribution in [0.4, 0.5) is 11.4 Å². The number of rotatable bonds is 8. The summed E-state index contributed by atoms with van der Waals surface area (Å²) in [6.45, 7) is 2.65. The highest BCUT2D eigenvalue weighted by Crippen LogP contribution is 2.34. The van der Waals surface area contributed by atoms with Crippen LogP contribution in [0.15, 0.2) is 42.5 Å². The first-order chi connectivity index (χ1) is 14.0. The number of fused-ring (bicyclic) bond motifs is 1. The van der Waals surface area contributed by atoms with Crippen molar-refractivity contribution in [2.24, 2.45) is 0 Å². The van der Waals surface area contributed by atoms with E-state index in [4.69, 9.17) is 0 Å². The number of benzene rings is 2. The molecule has 1 aliphatic carbocycles. The van der Waals surface area contributed by atoms with Gasteiger partial charge >= 0.3 is 0 Å². The molecule has 0 aliphatic heterocycles. The van der Waals surface area contributed by atoms with Crippen LogP contribution < -0.4 is 5.32 Å². The molecular weight excluding hydrogens is 370 g/mol. The predicted molar refractivity (Wildman–Crippen MR) is 112 cm³/mol. The zero-order valence-electron chi connectivity index (χ0n) is 16.6. The van der Waals surface area contributed by atoms with Gasteiger partial charge in [0.05, 0.1) is 17.2 Å². The van der Waals surface area contributed by atoms with Crippen molar-refractivity contribution >= 4 is 17.3 Å². The van der Waals surface area contributed by atoms with Gasteiger partial charge in [-0.3, -0.25) is 19.8 Å². The van der Waals surface area contributed by atoms with Crippen LogP contribution in [0.3, 0.4) is 0 Å². The zero-order chi connectivity index (χ0) is 20.8. The highest BCUT2D eigenvalue weighted by Gasteiger charge is 2.27. The van der Waals surface area contributed by atoms with Gasteiger partial charge in [-0.15, -0.1) is 0 Å². The second-order valence-electron chi connectivity index (χ2n) is 7.46. The minimum Gasteiger partial charge on any atom is -0.396 e. The topological polar surface area (TPSA) is 95.7 Å². The number of aryl methyl sites for hydroxylation is 2. The molecule has 1 amide bonds. The van der Waals surface area contributed by atoms with E-state index in [2.05, 4.69) is 22.3 Å². The fraction of sp³-hybridized carbons (Fsp3) is 0.409. The number of amides is 1. The summed E-state index contributed by atoms with van der Waals surface area (Å²) in [6.07, 6.45) is 3.65. The summed E-state index contributed by atoms with van der Waals surface area (Å²) >= 11 is 0. The first-order valence-electron chi connectivity index (χ1n) is 9.97. The lowest BCUT2D eigenvalue weighted by Gasteiger charge is -2.35. The Hall–Kier alpha value is -2.77. The zero-order valence-corrected chi connectivity index (χ0v) is 16.6. The van der Waals surface area contributed by atoms with Gasteiger partial charge in [-0.2, -0.15) is 0 Å². The molecule has 2 aromatic carbocycles. The summed E-state index contributed by atoms with van der Waals surface area (Å²) in [7, 11) is 0. The van der Waals surface area contributed by atoms with Crippen molar-refractivity contribution in [1.29, 1.82) is 0 Å². The van der Waals surface area contributed by atoms with Gasteiger partial charge in [0.2, 0.25) is 5.91 Å². The van der Waals surface area contributed by atoms with E-state index in [1.165, 1.54) is 23.3 Å². The van der Waals surface area contributed by atoms with Crippen molar-refractivity contribution in [3.63, 3.8) is 0 Å². The molecule has 3 rings (SSSR count). The average Bonchev–Trinajstić information content (AvgIpc) is 2.72. The molecule has 154 valence electrons. The Labute approximate surface area is 170 Å². The van der Waals surface area contributed by atoms with Crippen LogP contribution in [0, 0.1) is 17.0 Å². The first kappa shape index (κ1) is 21.0. The van der Waals surface area contributed by atoms with Crippen molar-refractivity contribution < 1.29 is 14.8 Å². The Balaban J connectivity index is 1.77. The number of anilines is 1. The highest BCUT2D eigenvalue weighted by atomic mass is 16.6. The van der Waals surface area contributed by atoms with E-state index in [1.807, 2.05) is 12.1 Å². The third-order valence-electron chi connectivity index (χ3n) is 5.43. The van der Waals surface area contributed by atoms with E-state index < -0.39 is 4.92 Å². The van der Waals surface area contributed by atoms with Crippen LogP contribution in [0.25, 0.3) is 0 Å². The van der Waals surface area contributed by atoms with Crippen molar-refractivity contribution in [2.45, 2.75) is 38.6 Å². The third-order valence-corrected chi connectivity index (χ3v) is 5.43. The molecule has 2 aromatic rings. The number of hydrogen-bond acceptors (Lipinski definition) is 5. The quantitative estimate of drug-likeness (QED) is 0.524. The summed E-state index contributed by atoms with van der Waals surface area (Å²) in [4.78, 5) is 25.5. The molecule has 0 heterocycles. The smallest absolute Gasteiger partial charge is 0.271 e. The van der Waals surface area contributed by atoms with Gasteiger partial charge in [-0.25, -0.2) is 0 Å². The molecule has 0 unspecified atom stereocenters. The van der Waals surface area contributed by atoms with Gasteiger partial charge in [0.1, 0.15) is 0 Å². The van der Waals surface area contributed by atoms with Crippen LogP contribution in [0.5, 0.6) is 0 Å². The number of carbonyl (C=O) groups is 1. The fourth-order valence-electron chi connectivity index (χ4n) is 3.96. The number of nitrogens with zero attached hydrogens (tertiary/aromatic N) is 2. The lowest BCUT2D eigenvalue weighted by Crippen LogP contribution is -2.38. The molecule has 1 atom stereocenters. The van der Waals surface area contributed by atoms with Crippen molar-refractivity contribution in [1.82, 2.24) is 4.90 Å². The Kier molecular flexibility index (Phi) is 6.95. The van der Waals surface area contributed by atoms with Crippen LogP contribution in [0.1, 0.15) is 42.0 Å². The monoisotopic (exact) mass is 397 g/mol. The molecule has 0 fully saturated rings. The Morgan fingerprint density at radius 2 is 2.10 bits per heavy atom. The Morgan fingerprint density at radius 1 is 1.31 bits per heavy atom. The summed E-state index contributed by atoms with van der Waals surface area (Å²) in [5.41, 5.74) is 3.73. The van der Waals surface area contributed by atoms with Crippen LogP contribution >= 0.6 is 0 Å². The van der Waals surface area contributed by atoms with Crippen LogP contribution in [-0.2, 0) is 11.2 Å². The van der Waals surface area contributed by atoms with Gasteiger partial charge in [-0.05, 0) is 49.3 Å². The minimum atomic E-state index is -0.471. The minimum absolute atomic E-state index is 0.0516. The number of nitro benzene ring substituents is 1. The summed E-state index contributed by atoms with van der Waals surface area (Å²) in [6, 6.07) is 12.9. The number of hydrogen-bond donors (Lipinski definition) is 2. The molecule has 1 aliphatic rings. The number of non-ortho nitro benzene ring substituents is 1. The van der Waals surface area contributed by atoms with Crippen LogP contribution in [0.2, 0.25) is 0 Å². The first-order valence-corrected chi connectivity index (χ1v) is 9.97. The lowest BCUT2D eigenvalue weighted by molar-refractivity contribution is -0.384. The number of aliphatic hydroxyl groups excluding tert-OH is 1. The fourth-order valence-corrected chi connectivity index (χ4v) is 3.96. The molecule has 7 heteroatoms. The maximum Gasteiger partial charge on any atom is 0.271 e. The largest absolute Gasteiger partial charge is 0.396 e. The molecule has 29 heavy (non-hydrogen) atoms. The second-order valence-corrected chi connectivity index (χ2v) is 7.46. The lowest BCUT2D eigenvalue weighted by atomic mass is 9.86. The molecule has 0 aromatic heterocycles. The number of carbonyl (C=O) groups excluding carboxylic acids is 1. The van der Waals surface area contributed by atoms with Crippen molar-refractivity contribution in [3.8, 4) is 0 Å². The highest BCUT2D eigenvalue weighted by molar-refractivity contribution is 5.93. The molecule has 0 saturated heterocycles. The number of nitro groups is 1. The Morgan fingerprint density at radius 3 is 2.86 bits per heavy atom. The van der Waals surface area contributed by atoms with Gasteiger partial charge in [0.25, 0.3) is 5.69 Å². The van der Waals surface area contributed by atoms with E-state index in [0.29, 0.717) is 18.7 Å². The van der Waals surface area contributed by atoms with Crippen molar-refractivity contribution in [3.05, 3.63) is 69.3 Å². The number of aliphatic hydroxyl groups is 1. The summed E-state index contributed by atoms with van der Waals surface area (Å²) < 4.78 is 0. The molecule has 7 nitrogen and oxygen atoms in total. The molecular formula is C22H27N3O4. The summed E-state index contributed by atoms with van der Waals surface area (Å²) in [5, 5.41) is 23.2. The van der Waals surface area contributed by atoms with Crippen molar-refractivity contribution in [2.75, 3.05) is 25.0 Å². The van der Waals surface area contributed by atoms with E-state index in [0.717, 1.165) is 24.8 Å². The predicted octanol–water partition coefficient (Wildman–Crippen LogP) is 3.60. The van der Waals surface area contributed by atoms with Gasteiger partial charge < -0.3 is 10.4 Å². The Bertz CT molecular complexity index is 884. The van der Waals surface area contributed by atoms with E-state index in [-0.39, 0.29) is 30.8 Å². The molecule has 0 saturated carbocycles. The van der Waals surface area contributed by atoms with Gasteiger partial charge in [0.15, 0.2) is 0 Å². The molecule has 0 bridgehead atoms. The molecule has 0 radical (unpaired) electrons. The maximum absolute atomic E-state index is 12.8. The maximum atomic E-state index is 12.8. The van der Waals surface area contributed by atoms with E-state index in [9.17, 15) is 20.0 Å². The van der Waals surface area contributed by atoms with E-state index in [1.54, 1.807) is 13.0 Å². The van der Waals surface area contributed by atoms with Gasteiger partial charge in [0, 0.05) is 31.3 Å². The third kappa shape index (κ3) is 5.19.